The molecule has 0 saturated heterocycles. The van der Waals surface area contributed by atoms with Gasteiger partial charge in [0.2, 0.25) is 5.91 Å². The quantitative estimate of drug-likeness (QED) is 0.752. The number of amides is 1. The maximum atomic E-state index is 12.5. The fourth-order valence-corrected chi connectivity index (χ4v) is 2.99. The number of hydrogen-bond donors (Lipinski definition) is 1. The van der Waals surface area contributed by atoms with Crippen LogP contribution in [0.2, 0.25) is 0 Å². The molecule has 2 nitrogen and oxygen atoms in total. The number of alkyl halides is 1. The highest BCUT2D eigenvalue weighted by atomic mass is 79.9. The van der Waals surface area contributed by atoms with Crippen molar-refractivity contribution in [1.82, 2.24) is 5.32 Å². The zero-order valence-electron chi connectivity index (χ0n) is 13.2. The molecule has 1 aromatic rings. The van der Waals surface area contributed by atoms with Gasteiger partial charge in [0.25, 0.3) is 0 Å². The van der Waals surface area contributed by atoms with Crippen molar-refractivity contribution >= 4 is 21.8 Å². The van der Waals surface area contributed by atoms with Gasteiger partial charge >= 0.3 is 0 Å². The molecule has 0 heterocycles. The first-order chi connectivity index (χ1) is 9.27. The number of carbonyl (C=O) groups excluding carboxylic acids is 1. The van der Waals surface area contributed by atoms with Gasteiger partial charge in [-0.05, 0) is 37.7 Å². The van der Waals surface area contributed by atoms with Gasteiger partial charge in [0, 0.05) is 0 Å². The van der Waals surface area contributed by atoms with E-state index in [1.54, 1.807) is 0 Å². The molecule has 0 aliphatic rings. The summed E-state index contributed by atoms with van der Waals surface area (Å²) in [5, 5.41) is 3.16. The third-order valence-corrected chi connectivity index (χ3v) is 5.91. The lowest BCUT2D eigenvalue weighted by molar-refractivity contribution is -0.124. The van der Waals surface area contributed by atoms with Crippen LogP contribution in [0.15, 0.2) is 30.3 Å². The zero-order valence-corrected chi connectivity index (χ0v) is 14.8. The Labute approximate surface area is 131 Å². The standard InChI is InChI=1S/C17H26BrNO/c1-6-17(5,7-2)14(18)15(20)19-16(3,4)13-11-9-8-10-12-13/h8-12,14H,6-7H2,1-5H3,(H,19,20). The van der Waals surface area contributed by atoms with E-state index in [1.807, 2.05) is 44.2 Å². The molecule has 0 bridgehead atoms. The second-order valence-electron chi connectivity index (χ2n) is 6.20. The van der Waals surface area contributed by atoms with E-state index in [0.29, 0.717) is 0 Å². The number of benzene rings is 1. The van der Waals surface area contributed by atoms with E-state index in [2.05, 4.69) is 42.0 Å². The SMILES string of the molecule is CCC(C)(CC)C(Br)C(=O)NC(C)(C)c1ccccc1. The molecule has 112 valence electrons. The summed E-state index contributed by atoms with van der Waals surface area (Å²) in [5.41, 5.74) is 0.728. The minimum atomic E-state index is -0.368. The number of nitrogens with one attached hydrogen (secondary N) is 1. The lowest BCUT2D eigenvalue weighted by atomic mass is 9.80. The van der Waals surface area contributed by atoms with Crippen molar-refractivity contribution in [1.29, 1.82) is 0 Å². The second-order valence-corrected chi connectivity index (χ2v) is 7.12. The van der Waals surface area contributed by atoms with Gasteiger partial charge in [0.05, 0.1) is 10.4 Å². The lowest BCUT2D eigenvalue weighted by Crippen LogP contribution is -2.48. The van der Waals surface area contributed by atoms with E-state index in [-0.39, 0.29) is 21.7 Å². The Morgan fingerprint density at radius 3 is 2.10 bits per heavy atom. The minimum absolute atomic E-state index is 0.0170. The topological polar surface area (TPSA) is 29.1 Å². The van der Waals surface area contributed by atoms with Gasteiger partial charge < -0.3 is 5.32 Å². The van der Waals surface area contributed by atoms with Crippen LogP contribution in [0.1, 0.15) is 53.0 Å². The van der Waals surface area contributed by atoms with Gasteiger partial charge in [0.1, 0.15) is 0 Å². The number of rotatable bonds is 6. The summed E-state index contributed by atoms with van der Waals surface area (Å²) in [7, 11) is 0. The van der Waals surface area contributed by atoms with Crippen LogP contribution in [0.25, 0.3) is 0 Å². The average molecular weight is 340 g/mol. The zero-order chi connectivity index (χ0) is 15.4. The highest BCUT2D eigenvalue weighted by Crippen LogP contribution is 2.35. The molecule has 0 saturated carbocycles. The fraction of sp³-hybridized carbons (Fsp3) is 0.588. The maximum Gasteiger partial charge on any atom is 0.235 e. The second kappa shape index (κ2) is 6.75. The number of carbonyl (C=O) groups is 1. The van der Waals surface area contributed by atoms with Gasteiger partial charge in [0.15, 0.2) is 0 Å². The summed E-state index contributed by atoms with van der Waals surface area (Å²) >= 11 is 3.60. The molecule has 0 aromatic heterocycles. The third kappa shape index (κ3) is 3.85. The minimum Gasteiger partial charge on any atom is -0.346 e. The van der Waals surface area contributed by atoms with E-state index >= 15 is 0 Å². The Balaban J connectivity index is 2.85. The van der Waals surface area contributed by atoms with Gasteiger partial charge in [-0.3, -0.25) is 4.79 Å². The van der Waals surface area contributed by atoms with Crippen LogP contribution in [0.4, 0.5) is 0 Å². The lowest BCUT2D eigenvalue weighted by Gasteiger charge is -2.35. The molecular formula is C17H26BrNO. The molecule has 1 amide bonds. The van der Waals surface area contributed by atoms with Crippen molar-refractivity contribution in [3.8, 4) is 0 Å². The van der Waals surface area contributed by atoms with Crippen molar-refractivity contribution in [3.05, 3.63) is 35.9 Å². The van der Waals surface area contributed by atoms with Crippen molar-refractivity contribution < 1.29 is 4.79 Å². The Kier molecular flexibility index (Phi) is 5.81. The van der Waals surface area contributed by atoms with Crippen molar-refractivity contribution in [2.75, 3.05) is 0 Å². The summed E-state index contributed by atoms with van der Waals surface area (Å²) in [6, 6.07) is 10.1. The normalized spacial score (nSPS) is 13.9. The highest BCUT2D eigenvalue weighted by molar-refractivity contribution is 9.10. The largest absolute Gasteiger partial charge is 0.346 e. The molecular weight excluding hydrogens is 314 g/mol. The summed E-state index contributed by atoms with van der Waals surface area (Å²) in [6.45, 7) is 10.5. The molecule has 20 heavy (non-hydrogen) atoms. The predicted molar refractivity (Wildman–Crippen MR) is 89.0 cm³/mol. The monoisotopic (exact) mass is 339 g/mol. The van der Waals surface area contributed by atoms with Crippen LogP contribution in [0, 0.1) is 5.41 Å². The Morgan fingerprint density at radius 2 is 1.65 bits per heavy atom. The molecule has 0 aliphatic carbocycles. The first-order valence-corrected chi connectivity index (χ1v) is 8.20. The van der Waals surface area contributed by atoms with E-state index < -0.39 is 0 Å². The first kappa shape index (κ1) is 17.2. The van der Waals surface area contributed by atoms with Gasteiger partial charge in [-0.15, -0.1) is 0 Å². The molecule has 0 fully saturated rings. The Morgan fingerprint density at radius 1 is 1.15 bits per heavy atom. The van der Waals surface area contributed by atoms with Crippen LogP contribution < -0.4 is 5.32 Å². The van der Waals surface area contributed by atoms with E-state index in [9.17, 15) is 4.79 Å². The average Bonchev–Trinajstić information content (AvgIpc) is 2.46. The van der Waals surface area contributed by atoms with Gasteiger partial charge in [-0.2, -0.15) is 0 Å². The van der Waals surface area contributed by atoms with E-state index in [1.165, 1.54) is 0 Å². The molecule has 0 spiro atoms. The molecule has 3 heteroatoms. The molecule has 0 radical (unpaired) electrons. The van der Waals surface area contributed by atoms with Gasteiger partial charge in [-0.1, -0.05) is 67.0 Å². The predicted octanol–water partition coefficient (Wildman–Crippen LogP) is 4.63. The Bertz CT molecular complexity index is 438. The number of hydrogen-bond acceptors (Lipinski definition) is 1. The molecule has 1 aromatic carbocycles. The smallest absolute Gasteiger partial charge is 0.235 e. The van der Waals surface area contributed by atoms with Crippen molar-refractivity contribution in [2.45, 2.75) is 57.8 Å². The third-order valence-electron chi connectivity index (χ3n) is 4.39. The summed E-state index contributed by atoms with van der Waals surface area (Å²) in [4.78, 5) is 12.4. The van der Waals surface area contributed by atoms with E-state index in [4.69, 9.17) is 0 Å². The highest BCUT2D eigenvalue weighted by Gasteiger charge is 2.36. The Hall–Kier alpha value is -0.830. The number of halogens is 1. The van der Waals surface area contributed by atoms with Crippen molar-refractivity contribution in [3.63, 3.8) is 0 Å². The molecule has 0 aliphatic heterocycles. The van der Waals surface area contributed by atoms with Crippen molar-refractivity contribution in [2.24, 2.45) is 5.41 Å². The fourth-order valence-electron chi connectivity index (χ4n) is 2.22. The van der Waals surface area contributed by atoms with Crippen LogP contribution >= 0.6 is 15.9 Å². The van der Waals surface area contributed by atoms with Gasteiger partial charge in [-0.25, -0.2) is 0 Å². The first-order valence-electron chi connectivity index (χ1n) is 7.28. The van der Waals surface area contributed by atoms with Crippen LogP contribution in [-0.2, 0) is 10.3 Å². The van der Waals surface area contributed by atoms with E-state index in [0.717, 1.165) is 18.4 Å². The molecule has 1 rings (SSSR count). The van der Waals surface area contributed by atoms with Crippen LogP contribution in [0.5, 0.6) is 0 Å². The molecule has 1 N–H and O–H groups in total. The summed E-state index contributed by atoms with van der Waals surface area (Å²) in [5.74, 6) is 0.0602. The summed E-state index contributed by atoms with van der Waals surface area (Å²) in [6.07, 6.45) is 1.94. The molecule has 1 atom stereocenters. The maximum absolute atomic E-state index is 12.5. The molecule has 1 unspecified atom stereocenters. The van der Waals surface area contributed by atoms with Crippen LogP contribution in [0.3, 0.4) is 0 Å². The van der Waals surface area contributed by atoms with Crippen LogP contribution in [-0.4, -0.2) is 10.7 Å². The summed E-state index contributed by atoms with van der Waals surface area (Å²) < 4.78 is 0.